The minimum absolute atomic E-state index is 0.306. The number of nitrogens with one attached hydrogen (secondary N) is 3. The zero-order chi connectivity index (χ0) is 30.0. The topological polar surface area (TPSA) is 145 Å². The number of carbonyl (C=O) groups is 1. The second kappa shape index (κ2) is 11.8. The van der Waals surface area contributed by atoms with E-state index < -0.39 is 15.6 Å². The first-order valence-electron chi connectivity index (χ1n) is 14.1. The van der Waals surface area contributed by atoms with E-state index in [9.17, 15) is 13.2 Å². The molecule has 1 amide bonds. The van der Waals surface area contributed by atoms with Crippen molar-refractivity contribution in [2.45, 2.75) is 25.4 Å². The van der Waals surface area contributed by atoms with Crippen LogP contribution in [-0.4, -0.2) is 84.1 Å². The monoisotopic (exact) mass is 602 g/mol. The number of fused-ring (bicyclic) bond motifs is 1. The molecule has 3 N–H and O–H groups in total. The van der Waals surface area contributed by atoms with Crippen molar-refractivity contribution in [3.8, 4) is 11.3 Å². The van der Waals surface area contributed by atoms with Crippen LogP contribution in [0.5, 0.6) is 0 Å². The van der Waals surface area contributed by atoms with Crippen LogP contribution in [0.15, 0.2) is 67.0 Å². The maximum atomic E-state index is 13.0. The molecule has 2 saturated heterocycles. The van der Waals surface area contributed by atoms with Crippen LogP contribution in [0.25, 0.3) is 22.3 Å². The molecule has 43 heavy (non-hydrogen) atoms. The molecule has 1 unspecified atom stereocenters. The highest BCUT2D eigenvalue weighted by Gasteiger charge is 2.36. The van der Waals surface area contributed by atoms with Crippen LogP contribution in [0.4, 0.5) is 11.5 Å². The average Bonchev–Trinajstić information content (AvgIpc) is 3.61. The summed E-state index contributed by atoms with van der Waals surface area (Å²) in [5, 5.41) is 4.82. The Morgan fingerprint density at radius 1 is 1.12 bits per heavy atom. The number of hydrogen-bond acceptors (Lipinski definition) is 9. The summed E-state index contributed by atoms with van der Waals surface area (Å²) in [6.07, 6.45) is 3.87. The van der Waals surface area contributed by atoms with Crippen molar-refractivity contribution >= 4 is 38.5 Å². The standard InChI is InChI=1S/C30H34N8O4S/c1-3-43(40,41)36-30(2)9-11-37(19-30)18-21-8-10-31-26(16-21)29(39)34-23-6-4-22(5-7-23)25-17-24-27(35-25)32-20-33-28(24)38-12-14-42-15-13-38/h3-8,10,16-17,20,36H,1,9,11-15,18-19H2,2H3,(H,34,39)(H,32,33,35). The highest BCUT2D eigenvalue weighted by molar-refractivity contribution is 7.92. The molecule has 5 heterocycles. The third kappa shape index (κ3) is 6.59. The smallest absolute Gasteiger partial charge is 0.274 e. The number of benzene rings is 1. The first kappa shape index (κ1) is 28.9. The number of ether oxygens (including phenoxy) is 1. The quantitative estimate of drug-likeness (QED) is 0.263. The molecule has 0 aliphatic carbocycles. The fourth-order valence-electron chi connectivity index (χ4n) is 5.65. The van der Waals surface area contributed by atoms with Crippen LogP contribution in [-0.2, 0) is 21.3 Å². The lowest BCUT2D eigenvalue weighted by Gasteiger charge is -2.27. The van der Waals surface area contributed by atoms with Gasteiger partial charge in [0, 0.05) is 61.2 Å². The van der Waals surface area contributed by atoms with E-state index >= 15 is 0 Å². The van der Waals surface area contributed by atoms with Crippen molar-refractivity contribution in [3.63, 3.8) is 0 Å². The maximum absolute atomic E-state index is 13.0. The molecule has 0 radical (unpaired) electrons. The zero-order valence-electron chi connectivity index (χ0n) is 23.9. The molecular formula is C30H34N8O4S. The summed E-state index contributed by atoms with van der Waals surface area (Å²) in [5.74, 6) is 0.584. The van der Waals surface area contributed by atoms with Crippen molar-refractivity contribution in [1.82, 2.24) is 29.6 Å². The lowest BCUT2D eigenvalue weighted by atomic mass is 10.0. The van der Waals surface area contributed by atoms with Gasteiger partial charge in [-0.15, -0.1) is 0 Å². The Kier molecular flexibility index (Phi) is 7.97. The van der Waals surface area contributed by atoms with Crippen LogP contribution in [0, 0.1) is 0 Å². The third-order valence-corrected chi connectivity index (χ3v) is 9.01. The van der Waals surface area contributed by atoms with Crippen LogP contribution in [0.2, 0.25) is 0 Å². The van der Waals surface area contributed by atoms with E-state index in [1.54, 1.807) is 18.6 Å². The van der Waals surface area contributed by atoms with Gasteiger partial charge < -0.3 is 19.9 Å². The minimum Gasteiger partial charge on any atom is -0.378 e. The van der Waals surface area contributed by atoms with Crippen LogP contribution >= 0.6 is 0 Å². The highest BCUT2D eigenvalue weighted by Crippen LogP contribution is 2.30. The molecule has 0 spiro atoms. The second-order valence-electron chi connectivity index (χ2n) is 11.2. The molecule has 6 rings (SSSR count). The SMILES string of the molecule is C=CS(=O)(=O)NC1(C)CCN(Cc2ccnc(C(=O)Nc3ccc(-c4cc5c(N6CCOCC6)ncnc5[nH]4)cc3)c2)C1. The summed E-state index contributed by atoms with van der Waals surface area (Å²) in [6, 6.07) is 13.3. The molecule has 12 nitrogen and oxygen atoms in total. The van der Waals surface area contributed by atoms with E-state index in [1.165, 1.54) is 0 Å². The number of aromatic nitrogens is 4. The van der Waals surface area contributed by atoms with Gasteiger partial charge in [0.25, 0.3) is 5.91 Å². The lowest BCUT2D eigenvalue weighted by molar-refractivity contribution is 0.102. The van der Waals surface area contributed by atoms with Gasteiger partial charge in [0.2, 0.25) is 10.0 Å². The summed E-state index contributed by atoms with van der Waals surface area (Å²) < 4.78 is 32.1. The molecule has 0 saturated carbocycles. The molecule has 2 aliphatic rings. The summed E-state index contributed by atoms with van der Waals surface area (Å²) in [4.78, 5) is 34.0. The Morgan fingerprint density at radius 2 is 1.91 bits per heavy atom. The molecule has 2 aliphatic heterocycles. The van der Waals surface area contributed by atoms with Gasteiger partial charge in [-0.2, -0.15) is 0 Å². The first-order valence-corrected chi connectivity index (χ1v) is 15.7. The molecule has 224 valence electrons. The van der Waals surface area contributed by atoms with E-state index in [4.69, 9.17) is 4.74 Å². The van der Waals surface area contributed by atoms with Gasteiger partial charge in [-0.1, -0.05) is 18.7 Å². The Morgan fingerprint density at radius 3 is 2.67 bits per heavy atom. The molecular weight excluding hydrogens is 568 g/mol. The zero-order valence-corrected chi connectivity index (χ0v) is 24.7. The van der Waals surface area contributed by atoms with Crippen molar-refractivity contribution in [2.24, 2.45) is 0 Å². The van der Waals surface area contributed by atoms with Crippen molar-refractivity contribution in [3.05, 3.63) is 78.2 Å². The Hall–Kier alpha value is -4.17. The molecule has 0 bridgehead atoms. The average molecular weight is 603 g/mol. The van der Waals surface area contributed by atoms with E-state index in [0.29, 0.717) is 44.1 Å². The number of H-pyrrole nitrogens is 1. The van der Waals surface area contributed by atoms with E-state index in [1.807, 2.05) is 37.3 Å². The normalized spacial score (nSPS) is 19.5. The van der Waals surface area contributed by atoms with Crippen molar-refractivity contribution in [1.29, 1.82) is 0 Å². The second-order valence-corrected chi connectivity index (χ2v) is 12.8. The van der Waals surface area contributed by atoms with Crippen LogP contribution in [0.3, 0.4) is 0 Å². The fourth-order valence-corrected chi connectivity index (χ4v) is 6.59. The Balaban J connectivity index is 1.10. The number of likely N-dealkylation sites (tertiary alicyclic amines) is 1. The van der Waals surface area contributed by atoms with Gasteiger partial charge >= 0.3 is 0 Å². The van der Waals surface area contributed by atoms with Gasteiger partial charge in [-0.25, -0.2) is 23.1 Å². The van der Waals surface area contributed by atoms with Gasteiger partial charge in [0.15, 0.2) is 0 Å². The predicted octanol–water partition coefficient (Wildman–Crippen LogP) is 3.14. The van der Waals surface area contributed by atoms with E-state index in [2.05, 4.69) is 52.4 Å². The number of carbonyl (C=O) groups excluding carboxylic acids is 1. The summed E-state index contributed by atoms with van der Waals surface area (Å²) in [5.41, 5.74) is 3.94. The van der Waals surface area contributed by atoms with Crippen molar-refractivity contribution < 1.29 is 17.9 Å². The van der Waals surface area contributed by atoms with E-state index in [-0.39, 0.29) is 5.91 Å². The largest absolute Gasteiger partial charge is 0.378 e. The minimum atomic E-state index is -3.52. The number of nitrogens with zero attached hydrogens (tertiary/aromatic N) is 5. The fraction of sp³-hybridized carbons (Fsp3) is 0.333. The molecule has 2 fully saturated rings. The van der Waals surface area contributed by atoms with Gasteiger partial charge in [0.05, 0.1) is 18.6 Å². The number of amides is 1. The Labute approximate surface area is 250 Å². The number of rotatable bonds is 9. The highest BCUT2D eigenvalue weighted by atomic mass is 32.2. The number of hydrogen-bond donors (Lipinski definition) is 3. The molecule has 3 aromatic heterocycles. The summed E-state index contributed by atoms with van der Waals surface area (Å²) >= 11 is 0. The Bertz CT molecular complexity index is 1750. The lowest BCUT2D eigenvalue weighted by Crippen LogP contribution is -2.46. The number of pyridine rings is 1. The molecule has 1 aromatic carbocycles. The van der Waals surface area contributed by atoms with Gasteiger partial charge in [0.1, 0.15) is 23.5 Å². The van der Waals surface area contributed by atoms with Crippen molar-refractivity contribution in [2.75, 3.05) is 49.6 Å². The predicted molar refractivity (Wildman–Crippen MR) is 165 cm³/mol. The third-order valence-electron chi connectivity index (χ3n) is 7.79. The number of sulfonamides is 1. The molecule has 13 heteroatoms. The first-order chi connectivity index (χ1) is 20.7. The summed E-state index contributed by atoms with van der Waals surface area (Å²) in [6.45, 7) is 10.0. The van der Waals surface area contributed by atoms with Gasteiger partial charge in [-0.3, -0.25) is 14.7 Å². The van der Waals surface area contributed by atoms with E-state index in [0.717, 1.165) is 58.7 Å². The van der Waals surface area contributed by atoms with Gasteiger partial charge in [-0.05, 0) is 54.8 Å². The molecule has 4 aromatic rings. The maximum Gasteiger partial charge on any atom is 0.274 e. The number of morpholine rings is 1. The summed E-state index contributed by atoms with van der Waals surface area (Å²) in [7, 11) is -3.52. The van der Waals surface area contributed by atoms with Crippen LogP contribution in [0.1, 0.15) is 29.4 Å². The molecule has 1 atom stereocenters. The number of aromatic amines is 1. The number of anilines is 2. The van der Waals surface area contributed by atoms with Crippen LogP contribution < -0.4 is 14.9 Å².